The number of rotatable bonds is 21. The molecular weight excluding hydrogens is 952 g/mol. The van der Waals surface area contributed by atoms with E-state index in [2.05, 4.69) is 37.6 Å². The largest absolute Gasteiger partial charge is 0.482 e. The average molecular weight is 1020 g/mol. The molecule has 4 heterocycles. The molecule has 0 saturated carbocycles. The first-order chi connectivity index (χ1) is 35.3. The Morgan fingerprint density at radius 1 is 1.03 bits per heavy atom. The summed E-state index contributed by atoms with van der Waals surface area (Å²) in [6.07, 6.45) is 1.82. The number of halogens is 1. The molecule has 6 atom stereocenters. The summed E-state index contributed by atoms with van der Waals surface area (Å²) < 4.78 is 33.5. The van der Waals surface area contributed by atoms with Gasteiger partial charge in [-0.25, -0.2) is 9.37 Å². The molecule has 1 fully saturated rings. The molecule has 0 radical (unpaired) electrons. The van der Waals surface area contributed by atoms with E-state index in [0.717, 1.165) is 5.56 Å². The Labute approximate surface area is 432 Å². The number of aromatic nitrogens is 3. The van der Waals surface area contributed by atoms with Crippen LogP contribution in [0.15, 0.2) is 60.8 Å². The van der Waals surface area contributed by atoms with Crippen molar-refractivity contribution >= 4 is 35.4 Å². The van der Waals surface area contributed by atoms with Crippen LogP contribution in [-0.2, 0) is 41.7 Å². The fraction of sp³-hybridized carbons (Fsp3) is 0.509. The molecule has 398 valence electrons. The Bertz CT molecular complexity index is 2650. The van der Waals surface area contributed by atoms with Gasteiger partial charge in [0.1, 0.15) is 35.8 Å². The zero-order valence-corrected chi connectivity index (χ0v) is 43.6. The molecule has 21 heteroatoms. The van der Waals surface area contributed by atoms with Crippen LogP contribution < -0.4 is 37.1 Å². The Kier molecular flexibility index (Phi) is 19.6. The van der Waals surface area contributed by atoms with Gasteiger partial charge in [0.2, 0.25) is 23.6 Å². The number of pyridine rings is 1. The summed E-state index contributed by atoms with van der Waals surface area (Å²) in [5.74, 6) is -1.85. The van der Waals surface area contributed by atoms with Gasteiger partial charge in [0, 0.05) is 67.6 Å². The van der Waals surface area contributed by atoms with Gasteiger partial charge in [0.25, 0.3) is 5.91 Å². The minimum Gasteiger partial charge on any atom is -0.482 e. The maximum Gasteiger partial charge on any atom is 0.254 e. The molecule has 2 bridgehead atoms. The molecule has 7 N–H and O–H groups in total. The second kappa shape index (κ2) is 25.8. The van der Waals surface area contributed by atoms with E-state index in [9.17, 15) is 33.6 Å². The first kappa shape index (κ1) is 56.3. The number of carbonyl (C=O) groups is 5. The van der Waals surface area contributed by atoms with Gasteiger partial charge in [0.05, 0.1) is 57.3 Å². The highest BCUT2D eigenvalue weighted by molar-refractivity contribution is 5.96. The second-order valence-corrected chi connectivity index (χ2v) is 19.7. The number of nitrogens with two attached hydrogens (primary N) is 1. The van der Waals surface area contributed by atoms with Crippen molar-refractivity contribution < 1.29 is 42.6 Å². The molecule has 5 amide bonds. The normalized spacial score (nSPS) is 17.8. The molecule has 2 aliphatic heterocycles. The predicted molar refractivity (Wildman–Crippen MR) is 275 cm³/mol. The van der Waals surface area contributed by atoms with E-state index in [1.807, 2.05) is 58.0 Å². The summed E-state index contributed by atoms with van der Waals surface area (Å²) >= 11 is 0. The SMILES string of the molecule is CC[C@@H](NC(=O)[C@@H]1C[C@H](NCCOCCOCCC(=O)NCCn2nc3c(c2C#N)-c2cnc(N)c(c2)O[C@H](C)c2cc(F)ccc2C(=O)N(C)C3)CN1C(=O)C(NC(=O)[C@H](C)NC)C(C)(C)C)c1ccccc1. The number of hydrogen-bond donors (Lipinski definition) is 6. The zero-order chi connectivity index (χ0) is 53.7. The summed E-state index contributed by atoms with van der Waals surface area (Å²) in [4.78, 5) is 75.3. The molecule has 2 aliphatic rings. The van der Waals surface area contributed by atoms with Crippen molar-refractivity contribution in [3.05, 3.63) is 94.7 Å². The van der Waals surface area contributed by atoms with E-state index in [4.69, 9.17) is 25.0 Å². The first-order valence-electron chi connectivity index (χ1n) is 25.1. The lowest BCUT2D eigenvalue weighted by Crippen LogP contribution is -2.59. The Morgan fingerprint density at radius 2 is 1.76 bits per heavy atom. The maximum atomic E-state index is 14.4. The molecule has 4 aromatic rings. The first-order valence-corrected chi connectivity index (χ1v) is 25.1. The van der Waals surface area contributed by atoms with Gasteiger partial charge in [-0.05, 0) is 69.0 Å². The van der Waals surface area contributed by atoms with Crippen molar-refractivity contribution in [2.24, 2.45) is 5.41 Å². The standard InChI is InChI=1S/C53H71FN12O8/c1-9-40(34-13-11-10-12-14-34)61-50(69)42-27-37(30-65(42)52(71)47(53(4,5)6)62-49(68)32(2)57-7)58-19-22-73-24-23-72-21-17-45(67)59-18-20-66-43(28-55)46-35-25-44(48(56)60-29-35)74-33(3)39-26-36(54)15-16-38(39)51(70)64(8)31-41(46)63-66/h10-16,25-26,29,32-33,37,40,42,47,57-58H,9,17-24,27,30-31H2,1-8H3,(H2,56,60)(H,59,67)(H,61,69)(H,62,68)/t32-,33+,37-,40+,42-,47?/m0/s1. The third-order valence-electron chi connectivity index (χ3n) is 13.2. The highest BCUT2D eigenvalue weighted by Crippen LogP contribution is 2.36. The number of fused-ring (bicyclic) bond motifs is 5. The molecule has 0 aliphatic carbocycles. The van der Waals surface area contributed by atoms with Crippen molar-refractivity contribution in [2.75, 3.05) is 65.9 Å². The topological polar surface area (TPSA) is 260 Å². The summed E-state index contributed by atoms with van der Waals surface area (Å²) in [6, 6.07) is 14.8. The highest BCUT2D eigenvalue weighted by atomic mass is 19.1. The fourth-order valence-electron chi connectivity index (χ4n) is 8.98. The molecule has 1 unspecified atom stereocenters. The molecule has 74 heavy (non-hydrogen) atoms. The quantitative estimate of drug-likeness (QED) is 0.0650. The molecule has 1 saturated heterocycles. The number of likely N-dealkylation sites (tertiary alicyclic amines) is 1. The van der Waals surface area contributed by atoms with Crippen LogP contribution >= 0.6 is 0 Å². The van der Waals surface area contributed by atoms with E-state index in [1.165, 1.54) is 34.0 Å². The van der Waals surface area contributed by atoms with Crippen LogP contribution in [0.5, 0.6) is 5.75 Å². The summed E-state index contributed by atoms with van der Waals surface area (Å²) in [5, 5.41) is 30.4. The van der Waals surface area contributed by atoms with Crippen LogP contribution in [0.3, 0.4) is 0 Å². The van der Waals surface area contributed by atoms with Crippen molar-refractivity contribution in [3.8, 4) is 22.9 Å². The average Bonchev–Trinajstić information content (AvgIpc) is 3.97. The number of nitriles is 1. The van der Waals surface area contributed by atoms with E-state index < -0.39 is 41.4 Å². The second-order valence-electron chi connectivity index (χ2n) is 19.7. The van der Waals surface area contributed by atoms with Gasteiger partial charge in [0.15, 0.2) is 11.6 Å². The fourth-order valence-corrected chi connectivity index (χ4v) is 8.98. The lowest BCUT2D eigenvalue weighted by Gasteiger charge is -2.36. The van der Waals surface area contributed by atoms with Crippen LogP contribution in [-0.4, -0.2) is 138 Å². The van der Waals surface area contributed by atoms with E-state index >= 15 is 0 Å². The number of nitrogens with one attached hydrogen (secondary N) is 5. The number of likely N-dealkylation sites (N-methyl/N-ethyl adjacent to an activating group) is 1. The predicted octanol–water partition coefficient (Wildman–Crippen LogP) is 3.77. The third kappa shape index (κ3) is 14.2. The minimum atomic E-state index is -0.877. The molecule has 0 spiro atoms. The van der Waals surface area contributed by atoms with Gasteiger partial charge in [-0.3, -0.25) is 28.7 Å². The number of benzene rings is 2. The number of hydrogen-bond acceptors (Lipinski definition) is 14. The molecule has 20 nitrogen and oxygen atoms in total. The maximum absolute atomic E-state index is 14.4. The van der Waals surface area contributed by atoms with Crippen LogP contribution in [0.4, 0.5) is 10.2 Å². The van der Waals surface area contributed by atoms with Crippen LogP contribution in [0.25, 0.3) is 11.1 Å². The smallest absolute Gasteiger partial charge is 0.254 e. The van der Waals surface area contributed by atoms with Gasteiger partial charge >= 0.3 is 0 Å². The van der Waals surface area contributed by atoms with E-state index in [-0.39, 0.29) is 111 Å². The summed E-state index contributed by atoms with van der Waals surface area (Å²) in [5.41, 5.74) is 8.56. The van der Waals surface area contributed by atoms with E-state index in [0.29, 0.717) is 48.4 Å². The van der Waals surface area contributed by atoms with E-state index in [1.54, 1.807) is 38.9 Å². The van der Waals surface area contributed by atoms with Gasteiger partial charge in [-0.2, -0.15) is 10.4 Å². The van der Waals surface area contributed by atoms with Crippen LogP contribution in [0, 0.1) is 22.6 Å². The number of anilines is 1. The lowest BCUT2D eigenvalue weighted by atomic mass is 9.85. The Morgan fingerprint density at radius 3 is 2.45 bits per heavy atom. The van der Waals surface area contributed by atoms with Gasteiger partial charge < -0.3 is 56.3 Å². The van der Waals surface area contributed by atoms with Crippen LogP contribution in [0.1, 0.15) is 106 Å². The molecule has 2 aromatic heterocycles. The van der Waals surface area contributed by atoms with Crippen molar-refractivity contribution in [1.82, 2.24) is 51.1 Å². The molecule has 2 aromatic carbocycles. The monoisotopic (exact) mass is 1020 g/mol. The Balaban J connectivity index is 0.969. The van der Waals surface area contributed by atoms with Gasteiger partial charge in [-0.15, -0.1) is 0 Å². The number of carbonyl (C=O) groups excluding carboxylic acids is 5. The lowest BCUT2D eigenvalue weighted by molar-refractivity contribution is -0.144. The molecule has 6 rings (SSSR count). The number of ether oxygens (including phenoxy) is 3. The molecular formula is C53H71FN12O8. The number of nitrogens with zero attached hydrogens (tertiary/aromatic N) is 6. The summed E-state index contributed by atoms with van der Waals surface area (Å²) in [7, 11) is 3.26. The van der Waals surface area contributed by atoms with Crippen LogP contribution in [0.2, 0.25) is 0 Å². The van der Waals surface area contributed by atoms with Gasteiger partial charge in [-0.1, -0.05) is 58.0 Å². The van der Waals surface area contributed by atoms with Crippen molar-refractivity contribution in [2.45, 2.75) is 110 Å². The van der Waals surface area contributed by atoms with Crippen molar-refractivity contribution in [3.63, 3.8) is 0 Å². The zero-order valence-electron chi connectivity index (χ0n) is 43.6. The van der Waals surface area contributed by atoms with Crippen molar-refractivity contribution in [1.29, 1.82) is 5.26 Å². The third-order valence-corrected chi connectivity index (χ3v) is 13.2. The number of amides is 5. The minimum absolute atomic E-state index is 0.00135. The summed E-state index contributed by atoms with van der Waals surface area (Å²) in [6.45, 7) is 13.0. The Hall–Kier alpha value is -6.99. The highest BCUT2D eigenvalue weighted by Gasteiger charge is 2.45. The number of nitrogen functional groups attached to an aromatic ring is 1.